The molecular formula is C14H23N3. The van der Waals surface area contributed by atoms with Crippen molar-refractivity contribution in [2.24, 2.45) is 0 Å². The summed E-state index contributed by atoms with van der Waals surface area (Å²) in [6.07, 6.45) is 6.35. The van der Waals surface area contributed by atoms with Gasteiger partial charge in [0.2, 0.25) is 0 Å². The molecule has 2 heterocycles. The second kappa shape index (κ2) is 6.12. The minimum Gasteiger partial charge on any atom is -0.314 e. The van der Waals surface area contributed by atoms with Crippen LogP contribution < -0.4 is 5.32 Å². The van der Waals surface area contributed by atoms with Gasteiger partial charge >= 0.3 is 0 Å². The first-order chi connectivity index (χ1) is 8.31. The molecule has 1 aliphatic heterocycles. The number of piperidine rings is 1. The quantitative estimate of drug-likeness (QED) is 0.864. The van der Waals surface area contributed by atoms with Gasteiger partial charge in [-0.3, -0.25) is 9.88 Å². The molecular weight excluding hydrogens is 210 g/mol. The van der Waals surface area contributed by atoms with Crippen LogP contribution in [0, 0.1) is 0 Å². The number of hydrogen-bond acceptors (Lipinski definition) is 3. The van der Waals surface area contributed by atoms with Crippen LogP contribution in [-0.2, 0) is 0 Å². The number of aromatic nitrogens is 1. The van der Waals surface area contributed by atoms with E-state index >= 15 is 0 Å². The van der Waals surface area contributed by atoms with Gasteiger partial charge in [0.1, 0.15) is 0 Å². The molecule has 17 heavy (non-hydrogen) atoms. The minimum absolute atomic E-state index is 0.492. The number of rotatable bonds is 4. The molecule has 0 radical (unpaired) electrons. The van der Waals surface area contributed by atoms with Crippen molar-refractivity contribution in [3.63, 3.8) is 0 Å². The van der Waals surface area contributed by atoms with Crippen molar-refractivity contribution in [2.75, 3.05) is 19.6 Å². The van der Waals surface area contributed by atoms with Gasteiger partial charge in [0, 0.05) is 37.6 Å². The van der Waals surface area contributed by atoms with Crippen LogP contribution in [0.25, 0.3) is 0 Å². The highest BCUT2D eigenvalue weighted by Crippen LogP contribution is 2.23. The van der Waals surface area contributed by atoms with Crippen molar-refractivity contribution in [1.82, 2.24) is 15.2 Å². The predicted molar refractivity (Wildman–Crippen MR) is 70.9 cm³/mol. The van der Waals surface area contributed by atoms with E-state index < -0.39 is 0 Å². The molecule has 1 N–H and O–H groups in total. The Bertz CT molecular complexity index is 317. The average molecular weight is 233 g/mol. The third-order valence-corrected chi connectivity index (χ3v) is 3.74. The molecule has 0 saturated carbocycles. The predicted octanol–water partition coefficient (Wildman–Crippen LogP) is 2.22. The lowest BCUT2D eigenvalue weighted by Crippen LogP contribution is -2.43. The largest absolute Gasteiger partial charge is 0.314 e. The number of nitrogens with zero attached hydrogens (tertiary/aromatic N) is 2. The Labute approximate surface area is 104 Å². The monoisotopic (exact) mass is 233 g/mol. The smallest absolute Gasteiger partial charge is 0.0335 e. The lowest BCUT2D eigenvalue weighted by atomic mass is 10.0. The third-order valence-electron chi connectivity index (χ3n) is 3.74. The summed E-state index contributed by atoms with van der Waals surface area (Å²) in [4.78, 5) is 6.77. The van der Waals surface area contributed by atoms with Crippen molar-refractivity contribution in [3.05, 3.63) is 30.1 Å². The highest BCUT2D eigenvalue weighted by Gasteiger charge is 2.22. The van der Waals surface area contributed by atoms with Crippen molar-refractivity contribution in [2.45, 2.75) is 38.8 Å². The van der Waals surface area contributed by atoms with Gasteiger partial charge in [-0.25, -0.2) is 0 Å². The van der Waals surface area contributed by atoms with Crippen molar-refractivity contribution in [1.29, 1.82) is 0 Å². The first kappa shape index (κ1) is 12.5. The van der Waals surface area contributed by atoms with Crippen LogP contribution in [0.1, 0.15) is 38.3 Å². The van der Waals surface area contributed by atoms with Gasteiger partial charge in [-0.2, -0.15) is 0 Å². The molecule has 1 aromatic rings. The molecule has 0 bridgehead atoms. The zero-order valence-corrected chi connectivity index (χ0v) is 10.9. The molecule has 0 spiro atoms. The molecule has 3 heteroatoms. The SMILES string of the molecule is CCNC1CCN(C(C)c2cccnc2)CC1. The maximum Gasteiger partial charge on any atom is 0.0335 e. The Kier molecular flexibility index (Phi) is 4.51. The first-order valence-electron chi connectivity index (χ1n) is 6.68. The number of nitrogens with one attached hydrogen (secondary N) is 1. The Balaban J connectivity index is 1.88. The summed E-state index contributed by atoms with van der Waals surface area (Å²) in [6, 6.07) is 5.41. The maximum atomic E-state index is 4.21. The van der Waals surface area contributed by atoms with E-state index in [1.165, 1.54) is 31.5 Å². The normalized spacial score (nSPS) is 20.4. The second-order valence-electron chi connectivity index (χ2n) is 4.83. The van der Waals surface area contributed by atoms with E-state index in [9.17, 15) is 0 Å². The average Bonchev–Trinajstić information content (AvgIpc) is 2.40. The molecule has 1 aromatic heterocycles. The van der Waals surface area contributed by atoms with Gasteiger partial charge in [0.15, 0.2) is 0 Å². The van der Waals surface area contributed by atoms with E-state index in [1.807, 2.05) is 18.5 Å². The van der Waals surface area contributed by atoms with E-state index in [-0.39, 0.29) is 0 Å². The van der Waals surface area contributed by atoms with E-state index in [1.54, 1.807) is 0 Å². The van der Waals surface area contributed by atoms with Crippen LogP contribution in [-0.4, -0.2) is 35.6 Å². The fourth-order valence-corrected chi connectivity index (χ4v) is 2.61. The zero-order valence-electron chi connectivity index (χ0n) is 10.9. The van der Waals surface area contributed by atoms with Crippen molar-refractivity contribution >= 4 is 0 Å². The first-order valence-corrected chi connectivity index (χ1v) is 6.68. The summed E-state index contributed by atoms with van der Waals surface area (Å²) in [5.41, 5.74) is 1.33. The van der Waals surface area contributed by atoms with Gasteiger partial charge in [-0.05, 0) is 37.9 Å². The van der Waals surface area contributed by atoms with Crippen molar-refractivity contribution < 1.29 is 0 Å². The Morgan fingerprint density at radius 3 is 2.82 bits per heavy atom. The van der Waals surface area contributed by atoms with Crippen LogP contribution in [0.2, 0.25) is 0 Å². The molecule has 3 nitrogen and oxygen atoms in total. The fraction of sp³-hybridized carbons (Fsp3) is 0.643. The summed E-state index contributed by atoms with van der Waals surface area (Å²) in [5.74, 6) is 0. The molecule has 0 amide bonds. The minimum atomic E-state index is 0.492. The number of pyridine rings is 1. The highest BCUT2D eigenvalue weighted by molar-refractivity contribution is 5.13. The van der Waals surface area contributed by atoms with Crippen LogP contribution >= 0.6 is 0 Å². The molecule has 0 aromatic carbocycles. The van der Waals surface area contributed by atoms with Crippen LogP contribution in [0.15, 0.2) is 24.5 Å². The standard InChI is InChI=1S/C14H23N3/c1-3-16-14-6-9-17(10-7-14)12(2)13-5-4-8-15-11-13/h4-5,8,11-12,14,16H,3,6-7,9-10H2,1-2H3. The molecule has 1 saturated heterocycles. The molecule has 94 valence electrons. The van der Waals surface area contributed by atoms with E-state index in [4.69, 9.17) is 0 Å². The molecule has 2 rings (SSSR count). The van der Waals surface area contributed by atoms with E-state index in [0.29, 0.717) is 6.04 Å². The Hall–Kier alpha value is -0.930. The van der Waals surface area contributed by atoms with Gasteiger partial charge in [0.25, 0.3) is 0 Å². The molecule has 1 aliphatic rings. The number of likely N-dealkylation sites (tertiary alicyclic amines) is 1. The van der Waals surface area contributed by atoms with Crippen molar-refractivity contribution in [3.8, 4) is 0 Å². The van der Waals surface area contributed by atoms with Gasteiger partial charge in [-0.1, -0.05) is 13.0 Å². The lowest BCUT2D eigenvalue weighted by molar-refractivity contribution is 0.153. The zero-order chi connectivity index (χ0) is 12.1. The van der Waals surface area contributed by atoms with E-state index in [0.717, 1.165) is 12.6 Å². The van der Waals surface area contributed by atoms with Gasteiger partial charge in [-0.15, -0.1) is 0 Å². The second-order valence-corrected chi connectivity index (χ2v) is 4.83. The molecule has 1 fully saturated rings. The maximum absolute atomic E-state index is 4.21. The van der Waals surface area contributed by atoms with E-state index in [2.05, 4.69) is 35.1 Å². The third kappa shape index (κ3) is 3.27. The highest BCUT2D eigenvalue weighted by atomic mass is 15.2. The van der Waals surface area contributed by atoms with Crippen LogP contribution in [0.5, 0.6) is 0 Å². The summed E-state index contributed by atoms with van der Waals surface area (Å²) >= 11 is 0. The summed E-state index contributed by atoms with van der Waals surface area (Å²) in [6.45, 7) is 7.93. The topological polar surface area (TPSA) is 28.2 Å². The van der Waals surface area contributed by atoms with Crippen LogP contribution in [0.4, 0.5) is 0 Å². The summed E-state index contributed by atoms with van der Waals surface area (Å²) < 4.78 is 0. The Morgan fingerprint density at radius 2 is 2.24 bits per heavy atom. The number of hydrogen-bond donors (Lipinski definition) is 1. The molecule has 1 unspecified atom stereocenters. The van der Waals surface area contributed by atoms with Crippen LogP contribution in [0.3, 0.4) is 0 Å². The molecule has 1 atom stereocenters. The summed E-state index contributed by atoms with van der Waals surface area (Å²) in [7, 11) is 0. The fourth-order valence-electron chi connectivity index (χ4n) is 2.61. The Morgan fingerprint density at radius 1 is 1.47 bits per heavy atom. The van der Waals surface area contributed by atoms with Gasteiger partial charge < -0.3 is 5.32 Å². The van der Waals surface area contributed by atoms with Gasteiger partial charge in [0.05, 0.1) is 0 Å². The molecule has 0 aliphatic carbocycles. The summed E-state index contributed by atoms with van der Waals surface area (Å²) in [5, 5.41) is 3.54. The lowest BCUT2D eigenvalue weighted by Gasteiger charge is -2.36.